The van der Waals surface area contributed by atoms with Gasteiger partial charge in [-0.3, -0.25) is 14.9 Å². The Morgan fingerprint density at radius 3 is 2.54 bits per heavy atom. The van der Waals surface area contributed by atoms with Crippen molar-refractivity contribution >= 4 is 27.5 Å². The van der Waals surface area contributed by atoms with E-state index in [1.54, 1.807) is 0 Å². The molecule has 0 bridgehead atoms. The van der Waals surface area contributed by atoms with Crippen LogP contribution < -0.4 is 5.32 Å². The monoisotopic (exact) mass is 402 g/mol. The molecule has 0 atom stereocenters. The number of benzene rings is 2. The van der Waals surface area contributed by atoms with Crippen molar-refractivity contribution in [2.24, 2.45) is 0 Å². The van der Waals surface area contributed by atoms with E-state index in [0.29, 0.717) is 0 Å². The van der Waals surface area contributed by atoms with Gasteiger partial charge in [-0.15, -0.1) is 0 Å². The van der Waals surface area contributed by atoms with Crippen LogP contribution in [0.15, 0.2) is 46.9 Å². The molecule has 5 nitrogen and oxygen atoms in total. The van der Waals surface area contributed by atoms with Crippen molar-refractivity contribution in [2.75, 3.05) is 0 Å². The molecule has 0 aliphatic rings. The molecule has 2 aromatic rings. The van der Waals surface area contributed by atoms with Crippen LogP contribution >= 0.6 is 15.9 Å². The molecule has 0 spiro atoms. The van der Waals surface area contributed by atoms with Crippen molar-refractivity contribution in [2.45, 2.75) is 12.7 Å². The van der Waals surface area contributed by atoms with Crippen LogP contribution in [-0.4, -0.2) is 10.8 Å². The number of nitro groups is 1. The summed E-state index contributed by atoms with van der Waals surface area (Å²) in [6.45, 7) is -0.132. The molecule has 2 aromatic carbocycles. The van der Waals surface area contributed by atoms with Crippen molar-refractivity contribution in [3.8, 4) is 0 Å². The van der Waals surface area contributed by atoms with Gasteiger partial charge in [0.15, 0.2) is 0 Å². The summed E-state index contributed by atoms with van der Waals surface area (Å²) >= 11 is 3.00. The molecule has 0 aliphatic carbocycles. The smallest absolute Gasteiger partial charge is 0.348 e. The summed E-state index contributed by atoms with van der Waals surface area (Å²) < 4.78 is 38.1. The normalized spacial score (nSPS) is 11.2. The van der Waals surface area contributed by atoms with E-state index in [1.807, 2.05) is 0 Å². The molecule has 0 radical (unpaired) electrons. The third kappa shape index (κ3) is 4.31. The van der Waals surface area contributed by atoms with Crippen LogP contribution in [0, 0.1) is 10.1 Å². The Morgan fingerprint density at radius 1 is 1.21 bits per heavy atom. The number of hydrogen-bond donors (Lipinski definition) is 1. The lowest BCUT2D eigenvalue weighted by atomic mass is 10.1. The standard InChI is InChI=1S/C15H10BrF3N2O3/c16-12-5-4-10(7-13(12)21(23)24)14(22)20-8-9-2-1-3-11(6-9)15(17,18)19/h1-7H,8H2,(H,20,22). The largest absolute Gasteiger partial charge is 0.416 e. The highest BCUT2D eigenvalue weighted by Gasteiger charge is 2.30. The highest BCUT2D eigenvalue weighted by molar-refractivity contribution is 9.10. The summed E-state index contributed by atoms with van der Waals surface area (Å²) in [4.78, 5) is 22.2. The van der Waals surface area contributed by atoms with Gasteiger partial charge in [0.2, 0.25) is 0 Å². The first-order valence-corrected chi connectivity index (χ1v) is 7.36. The molecule has 2 rings (SSSR count). The molecular formula is C15H10BrF3N2O3. The lowest BCUT2D eigenvalue weighted by molar-refractivity contribution is -0.385. The molecule has 1 N–H and O–H groups in total. The van der Waals surface area contributed by atoms with Crippen LogP contribution in [0.4, 0.5) is 18.9 Å². The predicted octanol–water partition coefficient (Wildman–Crippen LogP) is 4.31. The molecule has 0 unspecified atom stereocenters. The van der Waals surface area contributed by atoms with E-state index in [2.05, 4.69) is 21.2 Å². The Balaban J connectivity index is 2.11. The minimum atomic E-state index is -4.47. The van der Waals surface area contributed by atoms with Gasteiger partial charge in [0.1, 0.15) is 0 Å². The molecule has 126 valence electrons. The zero-order chi connectivity index (χ0) is 17.9. The van der Waals surface area contributed by atoms with Crippen LogP contribution in [0.5, 0.6) is 0 Å². The van der Waals surface area contributed by atoms with Gasteiger partial charge >= 0.3 is 6.18 Å². The average Bonchev–Trinajstić information content (AvgIpc) is 2.52. The fourth-order valence-electron chi connectivity index (χ4n) is 1.94. The zero-order valence-corrected chi connectivity index (χ0v) is 13.5. The average molecular weight is 403 g/mol. The van der Waals surface area contributed by atoms with Gasteiger partial charge in [0.25, 0.3) is 11.6 Å². The maximum Gasteiger partial charge on any atom is 0.416 e. The van der Waals surface area contributed by atoms with E-state index >= 15 is 0 Å². The Labute approximate surface area is 142 Å². The van der Waals surface area contributed by atoms with Gasteiger partial charge < -0.3 is 5.32 Å². The topological polar surface area (TPSA) is 72.2 Å². The van der Waals surface area contributed by atoms with Crippen LogP contribution in [-0.2, 0) is 12.7 Å². The Morgan fingerprint density at radius 2 is 1.92 bits per heavy atom. The second-order valence-corrected chi connectivity index (χ2v) is 5.66. The van der Waals surface area contributed by atoms with E-state index in [1.165, 1.54) is 24.3 Å². The molecule has 0 aromatic heterocycles. The summed E-state index contributed by atoms with van der Waals surface area (Å²) in [7, 11) is 0. The number of hydrogen-bond acceptors (Lipinski definition) is 3. The lowest BCUT2D eigenvalue weighted by Gasteiger charge is -2.10. The summed E-state index contributed by atoms with van der Waals surface area (Å²) in [5.41, 5.74) is -0.781. The predicted molar refractivity (Wildman–Crippen MR) is 83.4 cm³/mol. The third-order valence-electron chi connectivity index (χ3n) is 3.11. The number of rotatable bonds is 4. The number of amides is 1. The molecule has 1 amide bonds. The van der Waals surface area contributed by atoms with E-state index in [0.717, 1.165) is 18.2 Å². The number of nitro benzene ring substituents is 1. The molecule has 0 aliphatic heterocycles. The number of alkyl halides is 3. The number of carbonyl (C=O) groups is 1. The van der Waals surface area contributed by atoms with Gasteiger partial charge in [0, 0.05) is 18.2 Å². The molecule has 9 heteroatoms. The molecule has 0 fully saturated rings. The Bertz CT molecular complexity index is 794. The minimum Gasteiger partial charge on any atom is -0.348 e. The summed E-state index contributed by atoms with van der Waals surface area (Å²) in [6, 6.07) is 8.38. The van der Waals surface area contributed by atoms with Crippen molar-refractivity contribution in [3.05, 3.63) is 73.7 Å². The molecular weight excluding hydrogens is 393 g/mol. The highest BCUT2D eigenvalue weighted by atomic mass is 79.9. The number of halogens is 4. The SMILES string of the molecule is O=C(NCc1cccc(C(F)(F)F)c1)c1ccc(Br)c([N+](=O)[O-])c1. The Kier molecular flexibility index (Phi) is 5.23. The van der Waals surface area contributed by atoms with E-state index < -0.39 is 22.6 Å². The van der Waals surface area contributed by atoms with E-state index in [9.17, 15) is 28.1 Å². The van der Waals surface area contributed by atoms with Gasteiger partial charge in [0.05, 0.1) is 15.0 Å². The quantitative estimate of drug-likeness (QED) is 0.611. The van der Waals surface area contributed by atoms with Crippen LogP contribution in [0.3, 0.4) is 0 Å². The molecule has 0 heterocycles. The zero-order valence-electron chi connectivity index (χ0n) is 11.9. The summed E-state index contributed by atoms with van der Waals surface area (Å²) in [5.74, 6) is -0.622. The summed E-state index contributed by atoms with van der Waals surface area (Å²) in [6.07, 6.45) is -4.47. The highest BCUT2D eigenvalue weighted by Crippen LogP contribution is 2.29. The first-order chi connectivity index (χ1) is 11.2. The van der Waals surface area contributed by atoms with E-state index in [-0.39, 0.29) is 27.8 Å². The first kappa shape index (κ1) is 17.9. The number of carbonyl (C=O) groups excluding carboxylic acids is 1. The fraction of sp³-hybridized carbons (Fsp3) is 0.133. The Hall–Kier alpha value is -2.42. The van der Waals surface area contributed by atoms with Crippen molar-refractivity contribution in [1.29, 1.82) is 0 Å². The molecule has 0 saturated carbocycles. The third-order valence-corrected chi connectivity index (χ3v) is 3.78. The number of nitrogens with one attached hydrogen (secondary N) is 1. The lowest BCUT2D eigenvalue weighted by Crippen LogP contribution is -2.23. The van der Waals surface area contributed by atoms with Crippen molar-refractivity contribution in [3.63, 3.8) is 0 Å². The summed E-state index contributed by atoms with van der Waals surface area (Å²) in [5, 5.41) is 13.3. The maximum absolute atomic E-state index is 12.6. The van der Waals surface area contributed by atoms with Crippen LogP contribution in [0.25, 0.3) is 0 Å². The molecule has 24 heavy (non-hydrogen) atoms. The maximum atomic E-state index is 12.6. The van der Waals surface area contributed by atoms with E-state index in [4.69, 9.17) is 0 Å². The first-order valence-electron chi connectivity index (χ1n) is 6.57. The van der Waals surface area contributed by atoms with Crippen LogP contribution in [0.1, 0.15) is 21.5 Å². The van der Waals surface area contributed by atoms with Gasteiger partial charge in [-0.25, -0.2) is 0 Å². The minimum absolute atomic E-state index is 0.0388. The van der Waals surface area contributed by atoms with Gasteiger partial charge in [-0.2, -0.15) is 13.2 Å². The van der Waals surface area contributed by atoms with Crippen LogP contribution in [0.2, 0.25) is 0 Å². The second kappa shape index (κ2) is 7.00. The number of nitrogens with zero attached hydrogens (tertiary/aromatic N) is 1. The van der Waals surface area contributed by atoms with Crippen molar-refractivity contribution in [1.82, 2.24) is 5.32 Å². The van der Waals surface area contributed by atoms with Gasteiger partial charge in [-0.05, 0) is 45.8 Å². The fourth-order valence-corrected chi connectivity index (χ4v) is 2.33. The second-order valence-electron chi connectivity index (χ2n) is 4.80. The molecule has 0 saturated heterocycles. The van der Waals surface area contributed by atoms with Gasteiger partial charge in [-0.1, -0.05) is 12.1 Å². The van der Waals surface area contributed by atoms with Crippen molar-refractivity contribution < 1.29 is 22.9 Å².